The van der Waals surface area contributed by atoms with Crippen LogP contribution in [0.1, 0.15) is 25.8 Å². The lowest BCUT2D eigenvalue weighted by atomic mass is 9.97. The maximum absolute atomic E-state index is 14.4. The molecule has 0 saturated carbocycles. The summed E-state index contributed by atoms with van der Waals surface area (Å²) in [5.41, 5.74) is 1.42. The SMILES string of the molecule is CCC(F)(F)c1cccc(-c2cc(NC(=O)[C@H]3CNC(=O)[C@@H]3C)nn2-c2ccccc2Cl)c1. The van der Waals surface area contributed by atoms with Crippen molar-refractivity contribution in [1.82, 2.24) is 15.1 Å². The van der Waals surface area contributed by atoms with Gasteiger partial charge < -0.3 is 10.6 Å². The van der Waals surface area contributed by atoms with Gasteiger partial charge in [-0.25, -0.2) is 13.5 Å². The Morgan fingerprint density at radius 3 is 2.67 bits per heavy atom. The van der Waals surface area contributed by atoms with Crippen LogP contribution in [0.25, 0.3) is 16.9 Å². The molecule has 2 heterocycles. The molecular formula is C24H23ClF2N4O2. The number of hydrogen-bond donors (Lipinski definition) is 2. The van der Waals surface area contributed by atoms with Crippen molar-refractivity contribution in [3.05, 3.63) is 65.2 Å². The minimum absolute atomic E-state index is 0.107. The molecule has 33 heavy (non-hydrogen) atoms. The Labute approximate surface area is 194 Å². The topological polar surface area (TPSA) is 76.0 Å². The average molecular weight is 473 g/mol. The Balaban J connectivity index is 1.76. The number of carbonyl (C=O) groups excluding carboxylic acids is 2. The number of carbonyl (C=O) groups is 2. The molecule has 2 N–H and O–H groups in total. The Morgan fingerprint density at radius 2 is 2.00 bits per heavy atom. The highest BCUT2D eigenvalue weighted by Crippen LogP contribution is 2.35. The zero-order valence-corrected chi connectivity index (χ0v) is 18.9. The highest BCUT2D eigenvalue weighted by atomic mass is 35.5. The highest BCUT2D eigenvalue weighted by molar-refractivity contribution is 6.32. The fourth-order valence-electron chi connectivity index (χ4n) is 3.83. The number of para-hydroxylation sites is 1. The fourth-order valence-corrected chi connectivity index (χ4v) is 4.05. The first-order valence-corrected chi connectivity index (χ1v) is 11.0. The summed E-state index contributed by atoms with van der Waals surface area (Å²) in [6, 6.07) is 14.7. The Hall–Kier alpha value is -3.26. The molecule has 4 rings (SSSR count). The normalized spacial score (nSPS) is 18.3. The predicted molar refractivity (Wildman–Crippen MR) is 122 cm³/mol. The predicted octanol–water partition coefficient (Wildman–Crippen LogP) is 5.02. The Bertz CT molecular complexity index is 1210. The molecule has 9 heteroatoms. The first-order chi connectivity index (χ1) is 15.7. The third-order valence-corrected chi connectivity index (χ3v) is 6.24. The Morgan fingerprint density at radius 1 is 1.24 bits per heavy atom. The van der Waals surface area contributed by atoms with Crippen LogP contribution < -0.4 is 10.6 Å². The van der Waals surface area contributed by atoms with E-state index in [9.17, 15) is 18.4 Å². The van der Waals surface area contributed by atoms with Crippen LogP contribution in [-0.4, -0.2) is 28.1 Å². The van der Waals surface area contributed by atoms with E-state index in [0.29, 0.717) is 22.0 Å². The molecule has 0 bridgehead atoms. The molecule has 6 nitrogen and oxygen atoms in total. The van der Waals surface area contributed by atoms with Gasteiger partial charge in [-0.1, -0.05) is 55.8 Å². The second-order valence-electron chi connectivity index (χ2n) is 8.05. The number of alkyl halides is 2. The molecule has 1 fully saturated rings. The number of aromatic nitrogens is 2. The van der Waals surface area contributed by atoms with Crippen LogP contribution in [0.4, 0.5) is 14.6 Å². The van der Waals surface area contributed by atoms with E-state index < -0.39 is 17.8 Å². The van der Waals surface area contributed by atoms with E-state index in [1.54, 1.807) is 49.4 Å². The molecule has 172 valence electrons. The van der Waals surface area contributed by atoms with E-state index in [0.717, 1.165) is 0 Å². The smallest absolute Gasteiger partial charge is 0.273 e. The summed E-state index contributed by atoms with van der Waals surface area (Å²) in [5.74, 6) is -4.25. The monoisotopic (exact) mass is 472 g/mol. The zero-order chi connectivity index (χ0) is 23.8. The van der Waals surface area contributed by atoms with Crippen LogP contribution in [0.3, 0.4) is 0 Å². The standard InChI is InChI=1S/C24H23ClF2N4O2/c1-3-24(26,27)16-8-6-7-15(11-16)20-12-21(29-23(33)17-13-28-22(32)14(17)2)30-31(20)19-10-5-4-9-18(19)25/h4-12,14,17H,3,13H2,1-2H3,(H,28,32)(H,29,30,33)/t14-,17+/m1/s1. The molecule has 0 radical (unpaired) electrons. The molecule has 0 aliphatic carbocycles. The van der Waals surface area contributed by atoms with E-state index in [2.05, 4.69) is 15.7 Å². The molecule has 0 unspecified atom stereocenters. The van der Waals surface area contributed by atoms with Crippen molar-refractivity contribution in [3.8, 4) is 16.9 Å². The summed E-state index contributed by atoms with van der Waals surface area (Å²) >= 11 is 6.38. The average Bonchev–Trinajstić information content (AvgIpc) is 3.37. The van der Waals surface area contributed by atoms with Gasteiger partial charge >= 0.3 is 0 Å². The van der Waals surface area contributed by atoms with Gasteiger partial charge in [0.25, 0.3) is 5.92 Å². The number of anilines is 1. The minimum atomic E-state index is -2.97. The Kier molecular flexibility index (Phi) is 6.21. The molecule has 2 amide bonds. The number of benzene rings is 2. The number of hydrogen-bond acceptors (Lipinski definition) is 3. The molecule has 0 spiro atoms. The fraction of sp³-hybridized carbons (Fsp3) is 0.292. The van der Waals surface area contributed by atoms with Crippen molar-refractivity contribution in [3.63, 3.8) is 0 Å². The number of nitrogens with zero attached hydrogens (tertiary/aromatic N) is 2. The molecule has 2 atom stereocenters. The summed E-state index contributed by atoms with van der Waals surface area (Å²) < 4.78 is 30.2. The molecule has 2 aromatic carbocycles. The van der Waals surface area contributed by atoms with Gasteiger partial charge in [-0.2, -0.15) is 0 Å². The largest absolute Gasteiger partial charge is 0.355 e. The highest BCUT2D eigenvalue weighted by Gasteiger charge is 2.36. The molecule has 1 aromatic heterocycles. The van der Waals surface area contributed by atoms with Crippen molar-refractivity contribution in [2.75, 3.05) is 11.9 Å². The lowest BCUT2D eigenvalue weighted by molar-refractivity contribution is -0.126. The van der Waals surface area contributed by atoms with Gasteiger partial charge in [0.15, 0.2) is 5.82 Å². The van der Waals surface area contributed by atoms with Crippen molar-refractivity contribution in [1.29, 1.82) is 0 Å². The van der Waals surface area contributed by atoms with E-state index in [4.69, 9.17) is 11.6 Å². The molecular weight excluding hydrogens is 450 g/mol. The summed E-state index contributed by atoms with van der Waals surface area (Å²) in [5, 5.41) is 10.3. The molecule has 1 aliphatic rings. The van der Waals surface area contributed by atoms with Crippen LogP contribution >= 0.6 is 11.6 Å². The third-order valence-electron chi connectivity index (χ3n) is 5.92. The number of halogens is 3. The van der Waals surface area contributed by atoms with Crippen molar-refractivity contribution in [2.24, 2.45) is 11.8 Å². The maximum atomic E-state index is 14.4. The first kappa shape index (κ1) is 22.9. The molecule has 3 aromatic rings. The van der Waals surface area contributed by atoms with Gasteiger partial charge in [-0.3, -0.25) is 9.59 Å². The van der Waals surface area contributed by atoms with E-state index in [-0.39, 0.29) is 36.2 Å². The van der Waals surface area contributed by atoms with Crippen molar-refractivity contribution < 1.29 is 18.4 Å². The number of amides is 2. The second-order valence-corrected chi connectivity index (χ2v) is 8.45. The lowest BCUT2D eigenvalue weighted by Crippen LogP contribution is -2.28. The van der Waals surface area contributed by atoms with Crippen LogP contribution in [0, 0.1) is 11.8 Å². The lowest BCUT2D eigenvalue weighted by Gasteiger charge is -2.16. The summed E-state index contributed by atoms with van der Waals surface area (Å²) in [6.07, 6.45) is -0.326. The van der Waals surface area contributed by atoms with Crippen LogP contribution in [-0.2, 0) is 15.5 Å². The van der Waals surface area contributed by atoms with Crippen LogP contribution in [0.15, 0.2) is 54.6 Å². The third kappa shape index (κ3) is 4.48. The minimum Gasteiger partial charge on any atom is -0.355 e. The van der Waals surface area contributed by atoms with Gasteiger partial charge in [0.2, 0.25) is 11.8 Å². The maximum Gasteiger partial charge on any atom is 0.273 e. The van der Waals surface area contributed by atoms with Gasteiger partial charge in [0.1, 0.15) is 0 Å². The quantitative estimate of drug-likeness (QED) is 0.529. The number of nitrogens with one attached hydrogen (secondary N) is 2. The summed E-state index contributed by atoms with van der Waals surface area (Å²) in [6.45, 7) is 3.37. The summed E-state index contributed by atoms with van der Waals surface area (Å²) in [7, 11) is 0. The zero-order valence-electron chi connectivity index (χ0n) is 18.1. The van der Waals surface area contributed by atoms with E-state index >= 15 is 0 Å². The second kappa shape index (κ2) is 8.94. The van der Waals surface area contributed by atoms with E-state index in [1.165, 1.54) is 23.7 Å². The molecule has 1 saturated heterocycles. The summed E-state index contributed by atoms with van der Waals surface area (Å²) in [4.78, 5) is 24.5. The van der Waals surface area contributed by atoms with Crippen molar-refractivity contribution in [2.45, 2.75) is 26.2 Å². The number of rotatable bonds is 6. The molecule has 1 aliphatic heterocycles. The van der Waals surface area contributed by atoms with Gasteiger partial charge in [-0.05, 0) is 18.2 Å². The van der Waals surface area contributed by atoms with Gasteiger partial charge in [0.05, 0.1) is 22.3 Å². The van der Waals surface area contributed by atoms with E-state index in [1.807, 2.05) is 0 Å². The first-order valence-electron chi connectivity index (χ1n) is 10.6. The van der Waals surface area contributed by atoms with Crippen LogP contribution in [0.2, 0.25) is 5.02 Å². The van der Waals surface area contributed by atoms with Gasteiger partial charge in [0, 0.05) is 36.1 Å². The van der Waals surface area contributed by atoms with Crippen LogP contribution in [0.5, 0.6) is 0 Å². The van der Waals surface area contributed by atoms with Crippen molar-refractivity contribution >= 4 is 29.2 Å². The van der Waals surface area contributed by atoms with Gasteiger partial charge in [-0.15, -0.1) is 5.10 Å².